The number of nitrogens with one attached hydrogen (secondary N) is 1. The smallest absolute Gasteiger partial charge is 0.207 e. The van der Waals surface area contributed by atoms with Crippen LogP contribution in [0.2, 0.25) is 0 Å². The van der Waals surface area contributed by atoms with E-state index in [9.17, 15) is 8.42 Å². The largest absolute Gasteiger partial charge is 0.242 e. The lowest BCUT2D eigenvalue weighted by molar-refractivity contribution is 0.566. The van der Waals surface area contributed by atoms with E-state index in [-0.39, 0.29) is 10.9 Å². The molecule has 20 heavy (non-hydrogen) atoms. The molecule has 106 valence electrons. The zero-order valence-electron chi connectivity index (χ0n) is 11.3. The lowest BCUT2D eigenvalue weighted by atomic mass is 10.1. The van der Waals surface area contributed by atoms with E-state index in [1.54, 1.807) is 18.2 Å². The predicted octanol–water partition coefficient (Wildman–Crippen LogP) is 3.80. The molecule has 2 aromatic carbocycles. The number of aryl methyl sites for hydroxylation is 1. The molecule has 0 heterocycles. The van der Waals surface area contributed by atoms with Gasteiger partial charge in [-0.15, -0.1) is 0 Å². The minimum absolute atomic E-state index is 0.255. The van der Waals surface area contributed by atoms with Crippen LogP contribution in [0.25, 0.3) is 0 Å². The first-order chi connectivity index (χ1) is 9.40. The lowest BCUT2D eigenvalue weighted by Crippen LogP contribution is -2.27. The molecule has 0 fully saturated rings. The number of halogens is 1. The monoisotopic (exact) mass is 353 g/mol. The number of sulfonamides is 1. The van der Waals surface area contributed by atoms with Crippen molar-refractivity contribution in [2.24, 2.45) is 0 Å². The summed E-state index contributed by atoms with van der Waals surface area (Å²) in [7, 11) is -3.55. The summed E-state index contributed by atoms with van der Waals surface area (Å²) in [5, 5.41) is 0. The first kappa shape index (κ1) is 15.2. The van der Waals surface area contributed by atoms with Gasteiger partial charge in [0.1, 0.15) is 0 Å². The van der Waals surface area contributed by atoms with Crippen LogP contribution in [0, 0.1) is 6.92 Å². The molecule has 2 aromatic rings. The van der Waals surface area contributed by atoms with E-state index < -0.39 is 10.0 Å². The highest BCUT2D eigenvalue weighted by Crippen LogP contribution is 2.24. The molecule has 0 aliphatic carbocycles. The van der Waals surface area contributed by atoms with Gasteiger partial charge < -0.3 is 0 Å². The Balaban J connectivity index is 2.28. The fourth-order valence-corrected chi connectivity index (χ4v) is 4.35. The SMILES string of the molecule is Cc1ccc(S(=O)(=O)NC(C)c2ccccc2)c(Br)c1. The summed E-state index contributed by atoms with van der Waals surface area (Å²) in [5.41, 5.74) is 1.94. The third-order valence-corrected chi connectivity index (χ3v) is 5.53. The summed E-state index contributed by atoms with van der Waals surface area (Å²) in [6, 6.07) is 14.4. The maximum absolute atomic E-state index is 12.4. The highest BCUT2D eigenvalue weighted by atomic mass is 79.9. The molecule has 0 saturated heterocycles. The van der Waals surface area contributed by atoms with Gasteiger partial charge in [0.25, 0.3) is 0 Å². The van der Waals surface area contributed by atoms with E-state index >= 15 is 0 Å². The Hall–Kier alpha value is -1.17. The molecule has 1 atom stereocenters. The summed E-state index contributed by atoms with van der Waals surface area (Å²) in [6.45, 7) is 3.75. The normalized spacial score (nSPS) is 13.2. The van der Waals surface area contributed by atoms with Crippen LogP contribution in [0.15, 0.2) is 57.9 Å². The van der Waals surface area contributed by atoms with Gasteiger partial charge >= 0.3 is 0 Å². The van der Waals surface area contributed by atoms with Gasteiger partial charge in [-0.3, -0.25) is 0 Å². The Morgan fingerprint density at radius 2 is 1.75 bits per heavy atom. The van der Waals surface area contributed by atoms with Gasteiger partial charge in [-0.1, -0.05) is 36.4 Å². The zero-order chi connectivity index (χ0) is 14.8. The molecule has 0 aromatic heterocycles. The van der Waals surface area contributed by atoms with Crippen LogP contribution in [-0.2, 0) is 10.0 Å². The first-order valence-corrected chi connectivity index (χ1v) is 8.51. The molecule has 0 bridgehead atoms. The van der Waals surface area contributed by atoms with Crippen molar-refractivity contribution in [2.75, 3.05) is 0 Å². The number of hydrogen-bond acceptors (Lipinski definition) is 2. The quantitative estimate of drug-likeness (QED) is 0.908. The Kier molecular flexibility index (Phi) is 4.62. The average molecular weight is 354 g/mol. The molecular weight excluding hydrogens is 338 g/mol. The highest BCUT2D eigenvalue weighted by molar-refractivity contribution is 9.10. The lowest BCUT2D eigenvalue weighted by Gasteiger charge is -2.15. The van der Waals surface area contributed by atoms with E-state index in [2.05, 4.69) is 20.7 Å². The van der Waals surface area contributed by atoms with E-state index in [4.69, 9.17) is 0 Å². The summed E-state index contributed by atoms with van der Waals surface area (Å²) in [5.74, 6) is 0. The fraction of sp³-hybridized carbons (Fsp3) is 0.200. The standard InChI is InChI=1S/C15H16BrNO2S/c1-11-8-9-15(14(16)10-11)20(18,19)17-12(2)13-6-4-3-5-7-13/h3-10,12,17H,1-2H3. The average Bonchev–Trinajstić information content (AvgIpc) is 2.38. The van der Waals surface area contributed by atoms with Crippen molar-refractivity contribution in [1.82, 2.24) is 4.72 Å². The Bertz CT molecular complexity index is 699. The Morgan fingerprint density at radius 1 is 1.10 bits per heavy atom. The molecule has 0 spiro atoms. The Labute approximate surface area is 128 Å². The van der Waals surface area contributed by atoms with Crippen LogP contribution < -0.4 is 4.72 Å². The summed E-state index contributed by atoms with van der Waals surface area (Å²) < 4.78 is 28.1. The predicted molar refractivity (Wildman–Crippen MR) is 84.1 cm³/mol. The minimum Gasteiger partial charge on any atom is -0.207 e. The molecule has 1 unspecified atom stereocenters. The van der Waals surface area contributed by atoms with E-state index in [1.165, 1.54) is 0 Å². The number of rotatable bonds is 4. The van der Waals surface area contributed by atoms with Gasteiger partial charge in [-0.05, 0) is 53.0 Å². The second kappa shape index (κ2) is 6.08. The van der Waals surface area contributed by atoms with Crippen molar-refractivity contribution in [2.45, 2.75) is 24.8 Å². The van der Waals surface area contributed by atoms with Gasteiger partial charge in [0, 0.05) is 10.5 Å². The van der Waals surface area contributed by atoms with Gasteiger partial charge in [0.05, 0.1) is 4.90 Å². The highest BCUT2D eigenvalue weighted by Gasteiger charge is 2.20. The van der Waals surface area contributed by atoms with Crippen LogP contribution in [0.4, 0.5) is 0 Å². The van der Waals surface area contributed by atoms with Crippen LogP contribution in [0.3, 0.4) is 0 Å². The molecule has 2 rings (SSSR count). The molecule has 1 N–H and O–H groups in total. The van der Waals surface area contributed by atoms with E-state index in [1.807, 2.05) is 44.2 Å². The number of benzene rings is 2. The molecule has 0 amide bonds. The minimum atomic E-state index is -3.55. The molecule has 5 heteroatoms. The Morgan fingerprint density at radius 3 is 2.35 bits per heavy atom. The van der Waals surface area contributed by atoms with Gasteiger partial charge in [-0.2, -0.15) is 0 Å². The van der Waals surface area contributed by atoms with Crippen molar-refractivity contribution in [3.63, 3.8) is 0 Å². The second-order valence-electron chi connectivity index (χ2n) is 4.69. The summed E-state index contributed by atoms with van der Waals surface area (Å²) >= 11 is 3.31. The van der Waals surface area contributed by atoms with E-state index in [0.717, 1.165) is 11.1 Å². The van der Waals surface area contributed by atoms with E-state index in [0.29, 0.717) is 4.47 Å². The third kappa shape index (κ3) is 3.48. The summed E-state index contributed by atoms with van der Waals surface area (Å²) in [6.07, 6.45) is 0. The maximum atomic E-state index is 12.4. The van der Waals surface area contributed by atoms with Gasteiger partial charge in [0.15, 0.2) is 0 Å². The number of hydrogen-bond donors (Lipinski definition) is 1. The zero-order valence-corrected chi connectivity index (χ0v) is 13.7. The van der Waals surface area contributed by atoms with Crippen molar-refractivity contribution in [1.29, 1.82) is 0 Å². The molecule has 0 saturated carbocycles. The first-order valence-electron chi connectivity index (χ1n) is 6.23. The van der Waals surface area contributed by atoms with Crippen molar-refractivity contribution < 1.29 is 8.42 Å². The molecule has 3 nitrogen and oxygen atoms in total. The fourth-order valence-electron chi connectivity index (χ4n) is 1.93. The van der Waals surface area contributed by atoms with Crippen LogP contribution in [-0.4, -0.2) is 8.42 Å². The van der Waals surface area contributed by atoms with Gasteiger partial charge in [0.2, 0.25) is 10.0 Å². The van der Waals surface area contributed by atoms with Crippen LogP contribution >= 0.6 is 15.9 Å². The molecular formula is C15H16BrNO2S. The van der Waals surface area contributed by atoms with Crippen molar-refractivity contribution >= 4 is 26.0 Å². The van der Waals surface area contributed by atoms with Crippen LogP contribution in [0.5, 0.6) is 0 Å². The maximum Gasteiger partial charge on any atom is 0.242 e. The van der Waals surface area contributed by atoms with Crippen molar-refractivity contribution in [3.05, 3.63) is 64.1 Å². The van der Waals surface area contributed by atoms with Crippen molar-refractivity contribution in [3.8, 4) is 0 Å². The third-order valence-electron chi connectivity index (χ3n) is 3.01. The van der Waals surface area contributed by atoms with Crippen LogP contribution in [0.1, 0.15) is 24.1 Å². The second-order valence-corrected chi connectivity index (χ2v) is 7.22. The molecule has 0 aliphatic heterocycles. The molecule has 0 aliphatic rings. The molecule has 0 radical (unpaired) electrons. The summed E-state index contributed by atoms with van der Waals surface area (Å²) in [4.78, 5) is 0.255. The van der Waals surface area contributed by atoms with Gasteiger partial charge in [-0.25, -0.2) is 13.1 Å². The topological polar surface area (TPSA) is 46.2 Å².